The molecule has 2 bridgehead atoms. The largest absolute Gasteiger partial charge is 0.208 e. The van der Waals surface area contributed by atoms with Gasteiger partial charge in [-0.3, -0.25) is 0 Å². The van der Waals surface area contributed by atoms with E-state index < -0.39 is 0 Å². The molecule has 6 nitrogen and oxygen atoms in total. The van der Waals surface area contributed by atoms with Crippen molar-refractivity contribution in [2.75, 3.05) is 0 Å². The van der Waals surface area contributed by atoms with Crippen LogP contribution >= 0.6 is 11.3 Å². The lowest BCUT2D eigenvalue weighted by atomic mass is 9.61. The molecule has 0 aliphatic heterocycles. The Hall–Kier alpha value is -8.26. The molecule has 3 aliphatic carbocycles. The van der Waals surface area contributed by atoms with E-state index in [2.05, 4.69) is 127 Å². The Morgan fingerprint density at radius 2 is 0.646 bits per heavy atom. The van der Waals surface area contributed by atoms with E-state index >= 15 is 0 Å². The fourth-order valence-corrected chi connectivity index (χ4v) is 10.8. The number of rotatable bonds is 7. The smallest absolute Gasteiger partial charge is 0.164 e. The molecule has 2 atom stereocenters. The van der Waals surface area contributed by atoms with Gasteiger partial charge in [-0.1, -0.05) is 176 Å². The van der Waals surface area contributed by atoms with Crippen molar-refractivity contribution in [1.82, 2.24) is 29.9 Å². The van der Waals surface area contributed by atoms with E-state index in [4.69, 9.17) is 29.9 Å². The molecule has 11 aromatic rings. The zero-order valence-corrected chi connectivity index (χ0v) is 35.7. The van der Waals surface area contributed by atoms with Gasteiger partial charge in [-0.25, -0.2) is 29.9 Å². The van der Waals surface area contributed by atoms with Crippen LogP contribution in [0.1, 0.15) is 45.2 Å². The Morgan fingerprint density at radius 3 is 1.14 bits per heavy atom. The third-order valence-electron chi connectivity index (χ3n) is 12.8. The first-order valence-corrected chi connectivity index (χ1v) is 22.7. The van der Waals surface area contributed by atoms with Crippen molar-refractivity contribution < 1.29 is 0 Å². The first kappa shape index (κ1) is 37.3. The highest BCUT2D eigenvalue weighted by atomic mass is 32.1. The summed E-state index contributed by atoms with van der Waals surface area (Å²) in [6, 6.07) is 70.2. The van der Waals surface area contributed by atoms with Gasteiger partial charge in [0.1, 0.15) is 0 Å². The predicted octanol–water partition coefficient (Wildman–Crippen LogP) is 13.9. The fourth-order valence-electron chi connectivity index (χ4n) is 9.81. The Kier molecular flexibility index (Phi) is 8.74. The van der Waals surface area contributed by atoms with Gasteiger partial charge in [-0.15, -0.1) is 11.3 Å². The summed E-state index contributed by atoms with van der Waals surface area (Å²) in [5.41, 5.74) is 15.9. The molecule has 3 heterocycles. The normalized spacial score (nSPS) is 14.5. The second kappa shape index (κ2) is 15.2. The Balaban J connectivity index is 0.928. The van der Waals surface area contributed by atoms with E-state index in [0.717, 1.165) is 38.9 Å². The average Bonchev–Trinajstić information content (AvgIpc) is 3.83. The van der Waals surface area contributed by atoms with E-state index in [-0.39, 0.29) is 11.8 Å². The molecule has 7 heteroatoms. The molecule has 0 N–H and O–H groups in total. The fraction of sp³-hybridized carbons (Fsp3) is 0.0345. The van der Waals surface area contributed by atoms with Crippen LogP contribution in [-0.4, -0.2) is 29.9 Å². The molecule has 0 spiro atoms. The van der Waals surface area contributed by atoms with Crippen molar-refractivity contribution in [1.29, 1.82) is 0 Å². The molecule has 8 aromatic carbocycles. The maximum atomic E-state index is 5.25. The van der Waals surface area contributed by atoms with Gasteiger partial charge >= 0.3 is 0 Å². The summed E-state index contributed by atoms with van der Waals surface area (Å²) >= 11 is 1.77. The molecule has 0 saturated heterocycles. The van der Waals surface area contributed by atoms with E-state index in [1.165, 1.54) is 49.0 Å². The average molecular weight is 849 g/mol. The van der Waals surface area contributed by atoms with Gasteiger partial charge in [0.25, 0.3) is 0 Å². The zero-order chi connectivity index (χ0) is 42.8. The third kappa shape index (κ3) is 6.39. The molecule has 0 fully saturated rings. The van der Waals surface area contributed by atoms with Crippen LogP contribution in [0.3, 0.4) is 0 Å². The third-order valence-corrected chi connectivity index (χ3v) is 13.8. The van der Waals surface area contributed by atoms with Crippen molar-refractivity contribution in [2.24, 2.45) is 0 Å². The van der Waals surface area contributed by atoms with E-state index in [9.17, 15) is 0 Å². The number of nitrogens with zero attached hydrogens (tertiary/aromatic N) is 6. The van der Waals surface area contributed by atoms with Crippen molar-refractivity contribution >= 4 is 21.4 Å². The number of thiophene rings is 1. The molecule has 304 valence electrons. The maximum absolute atomic E-state index is 5.25. The van der Waals surface area contributed by atoms with E-state index in [1.807, 2.05) is 78.9 Å². The van der Waals surface area contributed by atoms with Crippen molar-refractivity contribution in [3.8, 4) is 79.5 Å². The summed E-state index contributed by atoms with van der Waals surface area (Å²) in [5.74, 6) is 3.94. The number of aromatic nitrogens is 6. The highest BCUT2D eigenvalue weighted by molar-refractivity contribution is 7.17. The summed E-state index contributed by atoms with van der Waals surface area (Å²) < 4.78 is 1.27. The lowest BCUT2D eigenvalue weighted by molar-refractivity contribution is 0.754. The number of benzene rings is 8. The van der Waals surface area contributed by atoms with Crippen LogP contribution in [0.25, 0.3) is 89.5 Å². The molecule has 3 aliphatic rings. The molecule has 0 amide bonds. The van der Waals surface area contributed by atoms with Crippen molar-refractivity contribution in [2.45, 2.75) is 11.8 Å². The monoisotopic (exact) mass is 848 g/mol. The van der Waals surface area contributed by atoms with Crippen molar-refractivity contribution in [3.63, 3.8) is 0 Å². The van der Waals surface area contributed by atoms with Crippen LogP contribution in [0.5, 0.6) is 0 Å². The molecule has 14 rings (SSSR count). The van der Waals surface area contributed by atoms with Crippen molar-refractivity contribution in [3.05, 3.63) is 239 Å². The lowest BCUT2D eigenvalue weighted by Gasteiger charge is -2.42. The van der Waals surface area contributed by atoms with Crippen LogP contribution in [0.2, 0.25) is 0 Å². The topological polar surface area (TPSA) is 77.3 Å². The van der Waals surface area contributed by atoms with Gasteiger partial charge in [0, 0.05) is 60.9 Å². The van der Waals surface area contributed by atoms with E-state index in [1.54, 1.807) is 11.3 Å². The standard InChI is InChI=1S/C58H36N6S/c1-4-15-35(16-5-1)53-59-54(36-17-6-2-7-18-36)62-57(61-53)40-27-29-45-47(32-40)51-43-24-10-11-25-44(43)52(45)48-33-41(28-30-46(48)51)58-63-55(37-19-8-3-9-20-37)60-56(64-58)39-22-14-21-38(31-39)49-34-65-50-26-13-12-23-42(49)50/h1-34,51-52H. The van der Waals surface area contributed by atoms with Gasteiger partial charge in [0.2, 0.25) is 0 Å². The Labute approximate surface area is 379 Å². The SMILES string of the molecule is c1ccc(-c2nc(-c3ccccc3)nc(-c3ccc4c(c3)C3c5ccccc5C4c4cc(-c5nc(-c6ccccc6)nc(-c6cccc(-c7csc8ccccc78)c6)n5)ccc43)n2)cc1. The summed E-state index contributed by atoms with van der Waals surface area (Å²) in [6.07, 6.45) is 0. The molecule has 65 heavy (non-hydrogen) atoms. The summed E-state index contributed by atoms with van der Waals surface area (Å²) in [7, 11) is 0. The molecular formula is C58H36N6S. The minimum absolute atomic E-state index is 0.0281. The van der Waals surface area contributed by atoms with Gasteiger partial charge in [0.15, 0.2) is 34.9 Å². The number of hydrogen-bond acceptors (Lipinski definition) is 7. The van der Waals surface area contributed by atoms with Crippen LogP contribution < -0.4 is 0 Å². The highest BCUT2D eigenvalue weighted by Crippen LogP contribution is 2.56. The Bertz CT molecular complexity index is 3570. The molecule has 2 unspecified atom stereocenters. The highest BCUT2D eigenvalue weighted by Gasteiger charge is 2.41. The first-order valence-electron chi connectivity index (χ1n) is 21.8. The van der Waals surface area contributed by atoms with Crippen LogP contribution in [0.4, 0.5) is 0 Å². The van der Waals surface area contributed by atoms with Crippen LogP contribution in [0, 0.1) is 0 Å². The minimum atomic E-state index is 0.0281. The van der Waals surface area contributed by atoms with E-state index in [0.29, 0.717) is 34.9 Å². The minimum Gasteiger partial charge on any atom is -0.208 e. The summed E-state index contributed by atoms with van der Waals surface area (Å²) in [4.78, 5) is 30.7. The second-order valence-electron chi connectivity index (χ2n) is 16.6. The molecule has 0 radical (unpaired) electrons. The first-order chi connectivity index (χ1) is 32.2. The van der Waals surface area contributed by atoms with Gasteiger partial charge in [-0.05, 0) is 68.6 Å². The number of fused-ring (bicyclic) bond motifs is 1. The summed E-state index contributed by atoms with van der Waals surface area (Å²) in [6.45, 7) is 0. The Morgan fingerprint density at radius 1 is 0.277 bits per heavy atom. The van der Waals surface area contributed by atoms with Crippen LogP contribution in [-0.2, 0) is 0 Å². The van der Waals surface area contributed by atoms with Crippen LogP contribution in [0.15, 0.2) is 206 Å². The quantitative estimate of drug-likeness (QED) is 0.159. The molecular weight excluding hydrogens is 813 g/mol. The lowest BCUT2D eigenvalue weighted by Crippen LogP contribution is -2.27. The molecule has 3 aromatic heterocycles. The van der Waals surface area contributed by atoms with Gasteiger partial charge in [-0.2, -0.15) is 0 Å². The molecule has 0 saturated carbocycles. The second-order valence-corrected chi connectivity index (χ2v) is 17.5. The number of hydrogen-bond donors (Lipinski definition) is 0. The maximum Gasteiger partial charge on any atom is 0.164 e. The predicted molar refractivity (Wildman–Crippen MR) is 261 cm³/mol. The van der Waals surface area contributed by atoms with Gasteiger partial charge in [0.05, 0.1) is 0 Å². The van der Waals surface area contributed by atoms with Gasteiger partial charge < -0.3 is 0 Å². The zero-order valence-electron chi connectivity index (χ0n) is 34.9. The summed E-state index contributed by atoms with van der Waals surface area (Å²) in [5, 5.41) is 3.49.